The number of furan rings is 1. The van der Waals surface area contributed by atoms with E-state index in [0.717, 1.165) is 15.4 Å². The Bertz CT molecular complexity index is 1590. The van der Waals surface area contributed by atoms with Crippen LogP contribution in [0.2, 0.25) is 0 Å². The minimum absolute atomic E-state index is 0.122. The molecule has 0 aliphatic carbocycles. The Balaban J connectivity index is 1.30. The Hall–Kier alpha value is -4.07. The second-order valence-electron chi connectivity index (χ2n) is 8.46. The Morgan fingerprint density at radius 1 is 1.14 bits per heavy atom. The summed E-state index contributed by atoms with van der Waals surface area (Å²) in [5, 5.41) is 11.8. The van der Waals surface area contributed by atoms with Crippen molar-refractivity contribution in [2.45, 2.75) is 30.5 Å². The van der Waals surface area contributed by atoms with Crippen LogP contribution in [0.3, 0.4) is 0 Å². The first kappa shape index (κ1) is 23.7. The Kier molecular flexibility index (Phi) is 6.26. The van der Waals surface area contributed by atoms with Crippen molar-refractivity contribution in [3.63, 3.8) is 0 Å². The van der Waals surface area contributed by atoms with Crippen molar-refractivity contribution in [3.8, 4) is 17.2 Å². The first-order valence-electron chi connectivity index (χ1n) is 11.3. The first-order chi connectivity index (χ1) is 17.3. The lowest BCUT2D eigenvalue weighted by Gasteiger charge is -2.22. The van der Waals surface area contributed by atoms with Crippen molar-refractivity contribution >= 4 is 26.9 Å². The molecule has 1 aliphatic rings. The number of nitrogens with zero attached hydrogens (tertiary/aromatic N) is 3. The minimum Gasteiger partial charge on any atom is -0.443 e. The quantitative estimate of drug-likeness (QED) is 0.425. The number of nitriles is 1. The van der Waals surface area contributed by atoms with Gasteiger partial charge in [0.05, 0.1) is 23.9 Å². The van der Waals surface area contributed by atoms with Gasteiger partial charge in [-0.25, -0.2) is 12.8 Å². The lowest BCUT2D eigenvalue weighted by atomic mass is 10.0. The molecule has 1 atom stereocenters. The fourth-order valence-corrected chi connectivity index (χ4v) is 5.92. The molecular formula is C26H21FN4O4S. The number of hydrogen-bond donors (Lipinski definition) is 1. The van der Waals surface area contributed by atoms with E-state index in [-0.39, 0.29) is 23.8 Å². The topological polar surface area (TPSA) is 116 Å². The summed E-state index contributed by atoms with van der Waals surface area (Å²) < 4.78 is 46.6. The summed E-state index contributed by atoms with van der Waals surface area (Å²) in [6.45, 7) is 0.301. The molecule has 1 unspecified atom stereocenters. The van der Waals surface area contributed by atoms with E-state index in [0.29, 0.717) is 29.5 Å². The van der Waals surface area contributed by atoms with Gasteiger partial charge in [-0.3, -0.25) is 9.78 Å². The summed E-state index contributed by atoms with van der Waals surface area (Å²) in [5.41, 5.74) is 3.21. The van der Waals surface area contributed by atoms with Gasteiger partial charge in [0.25, 0.3) is 10.0 Å². The number of nitrogens with one attached hydrogen (secondary N) is 1. The molecule has 0 bridgehead atoms. The van der Waals surface area contributed by atoms with Crippen molar-refractivity contribution in [2.75, 3.05) is 6.54 Å². The van der Waals surface area contributed by atoms with Gasteiger partial charge in [-0.15, -0.1) is 0 Å². The fraction of sp³-hybridized carbons (Fsp3) is 0.192. The van der Waals surface area contributed by atoms with Crippen LogP contribution in [0.4, 0.5) is 4.39 Å². The van der Waals surface area contributed by atoms with Crippen molar-refractivity contribution in [2.24, 2.45) is 0 Å². The molecule has 5 rings (SSSR count). The molecule has 1 N–H and O–H groups in total. The maximum atomic E-state index is 13.5. The van der Waals surface area contributed by atoms with Gasteiger partial charge >= 0.3 is 0 Å². The number of rotatable bonds is 6. The summed E-state index contributed by atoms with van der Waals surface area (Å²) in [6, 6.07) is 17.0. The highest BCUT2D eigenvalue weighted by atomic mass is 32.2. The number of benzene rings is 2. The molecule has 1 amide bonds. The number of carbonyl (C=O) groups excluding carboxylic acids is 1. The van der Waals surface area contributed by atoms with Crippen LogP contribution in [0.5, 0.6) is 0 Å². The van der Waals surface area contributed by atoms with Crippen LogP contribution in [0.15, 0.2) is 76.4 Å². The predicted octanol–water partition coefficient (Wildman–Crippen LogP) is 3.98. The molecule has 10 heteroatoms. The van der Waals surface area contributed by atoms with Crippen LogP contribution in [0.25, 0.3) is 22.1 Å². The van der Waals surface area contributed by atoms with E-state index in [4.69, 9.17) is 9.68 Å². The van der Waals surface area contributed by atoms with E-state index in [2.05, 4.69) is 16.4 Å². The largest absolute Gasteiger partial charge is 0.443 e. The van der Waals surface area contributed by atoms with Gasteiger partial charge in [-0.05, 0) is 66.4 Å². The highest BCUT2D eigenvalue weighted by Crippen LogP contribution is 2.30. The number of amides is 1. The number of sulfonamides is 1. The molecule has 2 aromatic heterocycles. The maximum Gasteiger partial charge on any atom is 0.277 e. The molecule has 0 saturated carbocycles. The second-order valence-corrected chi connectivity index (χ2v) is 10.3. The molecule has 1 aliphatic heterocycles. The fourth-order valence-electron chi connectivity index (χ4n) is 4.31. The van der Waals surface area contributed by atoms with Crippen molar-refractivity contribution in [1.29, 1.82) is 5.26 Å². The van der Waals surface area contributed by atoms with E-state index in [1.807, 2.05) is 24.3 Å². The zero-order chi connectivity index (χ0) is 25.3. The standard InChI is InChI=1S/C26H21FN4O4S/c27-21-7-8-24-20(12-21)14-25(35-24)36(33,34)31-11-1-2-23(31)26(32)30-16-22-13-19(9-10-29-22)18-5-3-17(15-28)4-6-18/h3-10,12-14,23H,1-2,11,16H2,(H,30,32). The number of aromatic nitrogens is 1. The zero-order valence-corrected chi connectivity index (χ0v) is 19.8. The highest BCUT2D eigenvalue weighted by molar-refractivity contribution is 7.89. The third-order valence-corrected chi connectivity index (χ3v) is 7.90. The second kappa shape index (κ2) is 9.53. The smallest absolute Gasteiger partial charge is 0.277 e. The monoisotopic (exact) mass is 504 g/mol. The summed E-state index contributed by atoms with van der Waals surface area (Å²) in [4.78, 5) is 17.3. The zero-order valence-electron chi connectivity index (χ0n) is 19.0. The summed E-state index contributed by atoms with van der Waals surface area (Å²) in [5.74, 6) is -0.925. The number of pyridine rings is 1. The van der Waals surface area contributed by atoms with Gasteiger partial charge in [0.2, 0.25) is 11.0 Å². The van der Waals surface area contributed by atoms with E-state index >= 15 is 0 Å². The van der Waals surface area contributed by atoms with Gasteiger partial charge in [0.15, 0.2) is 0 Å². The van der Waals surface area contributed by atoms with Gasteiger partial charge in [0, 0.05) is 24.2 Å². The number of carbonyl (C=O) groups is 1. The Labute approximate surface area is 207 Å². The summed E-state index contributed by atoms with van der Waals surface area (Å²) >= 11 is 0. The molecular weight excluding hydrogens is 483 g/mol. The van der Waals surface area contributed by atoms with Gasteiger partial charge in [-0.2, -0.15) is 9.57 Å². The molecule has 4 aromatic rings. The van der Waals surface area contributed by atoms with Crippen LogP contribution in [0.1, 0.15) is 24.1 Å². The normalized spacial score (nSPS) is 16.2. The highest BCUT2D eigenvalue weighted by Gasteiger charge is 2.41. The molecule has 0 radical (unpaired) electrons. The van der Waals surface area contributed by atoms with Gasteiger partial charge in [0.1, 0.15) is 17.4 Å². The third kappa shape index (κ3) is 4.58. The van der Waals surface area contributed by atoms with E-state index in [9.17, 15) is 17.6 Å². The van der Waals surface area contributed by atoms with Gasteiger partial charge < -0.3 is 9.73 Å². The van der Waals surface area contributed by atoms with E-state index < -0.39 is 27.8 Å². The lowest BCUT2D eigenvalue weighted by Crippen LogP contribution is -2.45. The van der Waals surface area contributed by atoms with Crippen LogP contribution in [-0.2, 0) is 21.4 Å². The van der Waals surface area contributed by atoms with Crippen LogP contribution >= 0.6 is 0 Å². The summed E-state index contributed by atoms with van der Waals surface area (Å²) in [7, 11) is -4.09. The molecule has 1 saturated heterocycles. The number of halogens is 1. The average molecular weight is 505 g/mol. The summed E-state index contributed by atoms with van der Waals surface area (Å²) in [6.07, 6.45) is 2.53. The number of hydrogen-bond acceptors (Lipinski definition) is 6. The van der Waals surface area contributed by atoms with E-state index in [1.165, 1.54) is 24.3 Å². The van der Waals surface area contributed by atoms with Gasteiger partial charge in [-0.1, -0.05) is 12.1 Å². The Morgan fingerprint density at radius 2 is 1.94 bits per heavy atom. The molecule has 36 heavy (non-hydrogen) atoms. The molecule has 8 nitrogen and oxygen atoms in total. The first-order valence-corrected chi connectivity index (χ1v) is 12.7. The van der Waals surface area contributed by atoms with Crippen molar-refractivity contribution < 1.29 is 22.0 Å². The van der Waals surface area contributed by atoms with Crippen LogP contribution in [0, 0.1) is 17.1 Å². The average Bonchev–Trinajstić information content (AvgIpc) is 3.56. The third-order valence-electron chi connectivity index (χ3n) is 6.13. The molecule has 182 valence electrons. The van der Waals surface area contributed by atoms with Crippen LogP contribution < -0.4 is 5.32 Å². The Morgan fingerprint density at radius 3 is 2.72 bits per heavy atom. The van der Waals surface area contributed by atoms with Crippen molar-refractivity contribution in [3.05, 3.63) is 83.9 Å². The molecule has 0 spiro atoms. The van der Waals surface area contributed by atoms with Crippen molar-refractivity contribution in [1.82, 2.24) is 14.6 Å². The molecule has 3 heterocycles. The SMILES string of the molecule is N#Cc1ccc(-c2ccnc(CNC(=O)C3CCCN3S(=O)(=O)c3cc4cc(F)ccc4o3)c2)cc1. The molecule has 2 aromatic carbocycles. The van der Waals surface area contributed by atoms with Crippen LogP contribution in [-0.4, -0.2) is 36.2 Å². The predicted molar refractivity (Wildman–Crippen MR) is 129 cm³/mol. The lowest BCUT2D eigenvalue weighted by molar-refractivity contribution is -0.124. The van der Waals surface area contributed by atoms with E-state index in [1.54, 1.807) is 18.3 Å². The maximum absolute atomic E-state index is 13.5. The minimum atomic E-state index is -4.09. The number of fused-ring (bicyclic) bond motifs is 1. The molecule has 1 fully saturated rings.